The Labute approximate surface area is 338 Å². The first-order valence-corrected chi connectivity index (χ1v) is 20.4. The van der Waals surface area contributed by atoms with E-state index in [0.717, 1.165) is 89.8 Å². The van der Waals surface area contributed by atoms with Gasteiger partial charge in [0.1, 0.15) is 22.2 Å². The second-order valence-electron chi connectivity index (χ2n) is 14.5. The van der Waals surface area contributed by atoms with Crippen LogP contribution in [0, 0.1) is 0 Å². The van der Waals surface area contributed by atoms with Gasteiger partial charge in [-0.15, -0.1) is 11.3 Å². The molecule has 0 N–H and O–H groups in total. The van der Waals surface area contributed by atoms with E-state index in [1.165, 1.54) is 26.6 Å². The van der Waals surface area contributed by atoms with Crippen LogP contribution >= 0.6 is 11.3 Å². The van der Waals surface area contributed by atoms with Crippen LogP contribution in [0.25, 0.3) is 93.1 Å². The molecule has 0 fully saturated rings. The number of para-hydroxylation sites is 2. The van der Waals surface area contributed by atoms with Crippen molar-refractivity contribution in [2.45, 2.75) is 19.3 Å². The molecule has 10 aromatic rings. The number of furan rings is 2. The second-order valence-corrected chi connectivity index (χ2v) is 15.6. The zero-order chi connectivity index (χ0) is 38.6. The lowest BCUT2D eigenvalue weighted by atomic mass is 9.89. The number of fused-ring (bicyclic) bond motifs is 9. The van der Waals surface area contributed by atoms with Gasteiger partial charge in [-0.1, -0.05) is 134 Å². The Balaban J connectivity index is 1.21. The van der Waals surface area contributed by atoms with Gasteiger partial charge in [-0.2, -0.15) is 0 Å². The van der Waals surface area contributed by atoms with E-state index in [2.05, 4.69) is 128 Å². The summed E-state index contributed by atoms with van der Waals surface area (Å²) in [6.07, 6.45) is 12.8. The second kappa shape index (κ2) is 14.1. The van der Waals surface area contributed by atoms with Crippen LogP contribution in [0.5, 0.6) is 0 Å². The SMILES string of the molecule is C=C/C(=C\C=C/Cc1ccccc1)c1nc(-c2cccc3c2sc2ccccc23)nc(-c2c(C3=c4c(oc5ccccc45)=CCC3)ccc3oc4ccccc4c23)n1. The summed E-state index contributed by atoms with van der Waals surface area (Å²) < 4.78 is 15.4. The fourth-order valence-electron chi connectivity index (χ4n) is 8.45. The van der Waals surface area contributed by atoms with Gasteiger partial charge in [0.25, 0.3) is 0 Å². The predicted molar refractivity (Wildman–Crippen MR) is 240 cm³/mol. The van der Waals surface area contributed by atoms with Crippen molar-refractivity contribution in [2.75, 3.05) is 0 Å². The van der Waals surface area contributed by atoms with Crippen LogP contribution in [0.1, 0.15) is 29.8 Å². The molecule has 58 heavy (non-hydrogen) atoms. The molecule has 5 nitrogen and oxygen atoms in total. The Hall–Kier alpha value is -7.15. The minimum atomic E-state index is 0.546. The molecule has 0 radical (unpaired) electrons. The molecule has 1 aliphatic rings. The molecule has 0 amide bonds. The van der Waals surface area contributed by atoms with E-state index in [9.17, 15) is 0 Å². The highest BCUT2D eigenvalue weighted by atomic mass is 32.1. The summed E-state index contributed by atoms with van der Waals surface area (Å²) in [5.41, 5.74) is 9.52. The Morgan fingerprint density at radius 3 is 2.26 bits per heavy atom. The molecule has 0 spiro atoms. The average molecular weight is 766 g/mol. The molecule has 0 atom stereocenters. The summed E-state index contributed by atoms with van der Waals surface area (Å²) in [5.74, 6) is 1.72. The first-order chi connectivity index (χ1) is 28.7. The zero-order valence-corrected chi connectivity index (χ0v) is 32.3. The lowest BCUT2D eigenvalue weighted by Crippen LogP contribution is -2.26. The molecule has 6 heteroatoms. The maximum atomic E-state index is 6.55. The van der Waals surface area contributed by atoms with Gasteiger partial charge in [0.15, 0.2) is 17.5 Å². The third-order valence-corrected chi connectivity index (χ3v) is 12.3. The lowest BCUT2D eigenvalue weighted by Gasteiger charge is -2.16. The number of hydrogen-bond donors (Lipinski definition) is 0. The summed E-state index contributed by atoms with van der Waals surface area (Å²) >= 11 is 1.77. The first-order valence-electron chi connectivity index (χ1n) is 19.6. The molecule has 4 heterocycles. The van der Waals surface area contributed by atoms with E-state index in [4.69, 9.17) is 23.8 Å². The highest BCUT2D eigenvalue weighted by molar-refractivity contribution is 7.26. The average Bonchev–Trinajstić information content (AvgIpc) is 3.98. The standard InChI is InChI=1S/C52H35N3O2S/c1-2-33(19-7-6-18-32-16-4-3-5-17-32)50-53-51(40-25-14-24-37-34-20-10-13-29-45(34)58-49(37)40)55-52(54-50)48-36(30-31-44-47(48)39-22-9-12-27-42(39)57-44)35-23-15-28-43-46(35)38-21-8-11-26-41(38)56-43/h2-14,16-17,19-22,24-31H,1,15,18,23H2/b7-6-,33-19+. The molecule has 11 rings (SSSR count). The van der Waals surface area contributed by atoms with Gasteiger partial charge in [0, 0.05) is 58.2 Å². The quantitative estimate of drug-likeness (QED) is 0.144. The summed E-state index contributed by atoms with van der Waals surface area (Å²) in [5, 5.41) is 6.60. The van der Waals surface area contributed by atoms with Crippen molar-refractivity contribution in [1.82, 2.24) is 15.0 Å². The normalized spacial score (nSPS) is 13.3. The third-order valence-electron chi connectivity index (χ3n) is 11.1. The third kappa shape index (κ3) is 5.72. The monoisotopic (exact) mass is 765 g/mol. The predicted octanol–water partition coefficient (Wildman–Crippen LogP) is 12.4. The molecule has 0 aliphatic heterocycles. The molecule has 0 saturated heterocycles. The fourth-order valence-corrected chi connectivity index (χ4v) is 9.66. The fraction of sp³-hybridized carbons (Fsp3) is 0.0577. The molecule has 0 saturated carbocycles. The van der Waals surface area contributed by atoms with Gasteiger partial charge in [-0.3, -0.25) is 0 Å². The van der Waals surface area contributed by atoms with Crippen molar-refractivity contribution in [3.05, 3.63) is 192 Å². The number of benzene rings is 6. The van der Waals surface area contributed by atoms with Crippen LogP contribution in [-0.4, -0.2) is 15.0 Å². The van der Waals surface area contributed by atoms with E-state index in [1.807, 2.05) is 42.5 Å². The van der Waals surface area contributed by atoms with Gasteiger partial charge in [0.05, 0.1) is 0 Å². The first kappa shape index (κ1) is 34.1. The summed E-state index contributed by atoms with van der Waals surface area (Å²) in [6.45, 7) is 4.25. The Morgan fingerprint density at radius 2 is 1.40 bits per heavy atom. The maximum Gasteiger partial charge on any atom is 0.165 e. The van der Waals surface area contributed by atoms with Crippen LogP contribution in [-0.2, 0) is 6.42 Å². The van der Waals surface area contributed by atoms with Crippen molar-refractivity contribution in [3.8, 4) is 22.8 Å². The number of nitrogens with zero attached hydrogens (tertiary/aromatic N) is 3. The summed E-state index contributed by atoms with van der Waals surface area (Å²) in [4.78, 5) is 16.1. The topological polar surface area (TPSA) is 65.0 Å². The molecule has 0 unspecified atom stereocenters. The Kier molecular flexibility index (Phi) is 8.30. The highest BCUT2D eigenvalue weighted by Crippen LogP contribution is 2.43. The van der Waals surface area contributed by atoms with E-state index < -0.39 is 0 Å². The minimum Gasteiger partial charge on any atom is -0.456 e. The summed E-state index contributed by atoms with van der Waals surface area (Å²) in [7, 11) is 0. The molecule has 0 bridgehead atoms. The van der Waals surface area contributed by atoms with E-state index in [0.29, 0.717) is 17.5 Å². The van der Waals surface area contributed by atoms with Crippen LogP contribution in [0.15, 0.2) is 173 Å². The van der Waals surface area contributed by atoms with Crippen molar-refractivity contribution in [1.29, 1.82) is 0 Å². The van der Waals surface area contributed by atoms with Crippen molar-refractivity contribution in [3.63, 3.8) is 0 Å². The molecule has 276 valence electrons. The maximum absolute atomic E-state index is 6.55. The van der Waals surface area contributed by atoms with Crippen LogP contribution in [0.3, 0.4) is 0 Å². The Bertz CT molecular complexity index is 3460. The van der Waals surface area contributed by atoms with Crippen LogP contribution < -0.4 is 10.6 Å². The number of hydrogen-bond acceptors (Lipinski definition) is 6. The van der Waals surface area contributed by atoms with Gasteiger partial charge < -0.3 is 8.83 Å². The van der Waals surface area contributed by atoms with Gasteiger partial charge in [-0.25, -0.2) is 15.0 Å². The van der Waals surface area contributed by atoms with Crippen LogP contribution in [0.2, 0.25) is 0 Å². The smallest absolute Gasteiger partial charge is 0.165 e. The molecular formula is C52H35N3O2S. The summed E-state index contributed by atoms with van der Waals surface area (Å²) in [6, 6.07) is 46.2. The van der Waals surface area contributed by atoms with E-state index >= 15 is 0 Å². The van der Waals surface area contributed by atoms with Crippen molar-refractivity contribution >= 4 is 81.6 Å². The number of allylic oxidation sites excluding steroid dienone is 5. The van der Waals surface area contributed by atoms with Crippen molar-refractivity contribution in [2.24, 2.45) is 0 Å². The van der Waals surface area contributed by atoms with Gasteiger partial charge in [-0.05, 0) is 72.4 Å². The van der Waals surface area contributed by atoms with E-state index in [1.54, 1.807) is 11.3 Å². The number of aromatic nitrogens is 3. The van der Waals surface area contributed by atoms with E-state index in [-0.39, 0.29) is 0 Å². The Morgan fingerprint density at radius 1 is 0.655 bits per heavy atom. The zero-order valence-electron chi connectivity index (χ0n) is 31.5. The van der Waals surface area contributed by atoms with Gasteiger partial charge >= 0.3 is 0 Å². The lowest BCUT2D eigenvalue weighted by molar-refractivity contribution is 0.571. The number of rotatable bonds is 8. The molecular weight excluding hydrogens is 731 g/mol. The van der Waals surface area contributed by atoms with Crippen LogP contribution in [0.4, 0.5) is 0 Å². The van der Waals surface area contributed by atoms with Gasteiger partial charge in [0.2, 0.25) is 0 Å². The molecule has 1 aliphatic carbocycles. The molecule has 4 aromatic heterocycles. The van der Waals surface area contributed by atoms with Crippen molar-refractivity contribution < 1.29 is 8.83 Å². The minimum absolute atomic E-state index is 0.546. The largest absolute Gasteiger partial charge is 0.456 e. The highest BCUT2D eigenvalue weighted by Gasteiger charge is 2.25. The molecule has 6 aromatic carbocycles. The number of thiophene rings is 1.